The van der Waals surface area contributed by atoms with E-state index < -0.39 is 11.0 Å². The standard InChI is InChI=1S/C29H35N3O4/c1-31(24(34)14-18-3-2-4-20(30)13-18)21-9-10-29(35)23-15-19-7-8-22(33)26-25(19)28(29,27(21)36-26)11-12-32(23)16-17-5-6-17/h2-4,7-8,13,17,21,23,27,33,35H,5-6,9-12,14-16,30H2,1H3/t21-,23-,27+,28+,29-/m1/s1. The minimum atomic E-state index is -0.939. The quantitative estimate of drug-likeness (QED) is 0.559. The normalized spacial score (nSPS) is 34.1. The SMILES string of the molecule is CN(C(=O)Cc1cccc(N)c1)[C@@H]1CC[C@@]2(O)[C@H]3Cc4ccc(O)c5c4[C@@]2(CCN3CC2CC2)[C@H]1O5. The molecule has 0 radical (unpaired) electrons. The maximum absolute atomic E-state index is 13.5. The molecule has 3 aliphatic carbocycles. The Kier molecular flexibility index (Phi) is 4.75. The third kappa shape index (κ3) is 2.96. The first kappa shape index (κ1) is 22.4. The molecule has 7 rings (SSSR count). The molecule has 1 spiro atoms. The van der Waals surface area contributed by atoms with Crippen LogP contribution >= 0.6 is 0 Å². The van der Waals surface area contributed by atoms with Gasteiger partial charge in [0.05, 0.1) is 23.5 Å². The molecule has 4 N–H and O–H groups in total. The van der Waals surface area contributed by atoms with Crippen molar-refractivity contribution in [1.82, 2.24) is 9.80 Å². The number of anilines is 1. The molecule has 0 unspecified atom stereocenters. The molecule has 5 aliphatic rings. The largest absolute Gasteiger partial charge is 0.504 e. The molecule has 2 aromatic carbocycles. The summed E-state index contributed by atoms with van der Waals surface area (Å²) in [5, 5.41) is 23.4. The maximum Gasteiger partial charge on any atom is 0.227 e. The number of hydrogen-bond acceptors (Lipinski definition) is 6. The van der Waals surface area contributed by atoms with Crippen molar-refractivity contribution in [3.63, 3.8) is 0 Å². The number of ether oxygens (including phenoxy) is 1. The van der Waals surface area contributed by atoms with Crippen LogP contribution in [0.3, 0.4) is 0 Å². The van der Waals surface area contributed by atoms with E-state index in [1.54, 1.807) is 6.07 Å². The lowest BCUT2D eigenvalue weighted by molar-refractivity contribution is -0.200. The molecule has 7 nitrogen and oxygen atoms in total. The first-order chi connectivity index (χ1) is 17.3. The number of nitrogens with two attached hydrogens (primary N) is 1. The number of nitrogens with zero attached hydrogens (tertiary/aromatic N) is 2. The molecule has 36 heavy (non-hydrogen) atoms. The van der Waals surface area contributed by atoms with E-state index in [0.29, 0.717) is 24.3 Å². The highest BCUT2D eigenvalue weighted by molar-refractivity contribution is 5.79. The van der Waals surface area contributed by atoms with Gasteiger partial charge in [-0.1, -0.05) is 18.2 Å². The molecule has 2 bridgehead atoms. The molecule has 1 saturated heterocycles. The lowest BCUT2D eigenvalue weighted by atomic mass is 9.48. The van der Waals surface area contributed by atoms with Crippen molar-refractivity contribution in [2.45, 2.75) is 74.1 Å². The van der Waals surface area contributed by atoms with Gasteiger partial charge >= 0.3 is 0 Å². The Morgan fingerprint density at radius 3 is 2.83 bits per heavy atom. The molecule has 5 atom stereocenters. The van der Waals surface area contributed by atoms with Crippen LogP contribution in [0.25, 0.3) is 0 Å². The van der Waals surface area contributed by atoms with Crippen LogP contribution in [0.2, 0.25) is 0 Å². The van der Waals surface area contributed by atoms with Gasteiger partial charge in [0.15, 0.2) is 11.5 Å². The number of nitrogen functional groups attached to an aromatic ring is 1. The lowest BCUT2D eigenvalue weighted by Crippen LogP contribution is -2.78. The molecule has 1 amide bonds. The van der Waals surface area contributed by atoms with Crippen LogP contribution < -0.4 is 10.5 Å². The molecule has 190 valence electrons. The smallest absolute Gasteiger partial charge is 0.227 e. The summed E-state index contributed by atoms with van der Waals surface area (Å²) in [4.78, 5) is 17.8. The number of amides is 1. The van der Waals surface area contributed by atoms with Gasteiger partial charge in [0, 0.05) is 30.9 Å². The summed E-state index contributed by atoms with van der Waals surface area (Å²) in [7, 11) is 1.86. The van der Waals surface area contributed by atoms with Gasteiger partial charge in [0.25, 0.3) is 0 Å². The Labute approximate surface area is 211 Å². The number of rotatable bonds is 5. The van der Waals surface area contributed by atoms with E-state index in [-0.39, 0.29) is 36.3 Å². The van der Waals surface area contributed by atoms with E-state index in [1.165, 1.54) is 18.4 Å². The molecular weight excluding hydrogens is 454 g/mol. The molecule has 2 aliphatic heterocycles. The number of aromatic hydroxyl groups is 1. The summed E-state index contributed by atoms with van der Waals surface area (Å²) in [6.07, 6.45) is 5.29. The summed E-state index contributed by atoms with van der Waals surface area (Å²) < 4.78 is 6.61. The van der Waals surface area contributed by atoms with Crippen LogP contribution in [0.4, 0.5) is 5.69 Å². The predicted molar refractivity (Wildman–Crippen MR) is 136 cm³/mol. The van der Waals surface area contributed by atoms with E-state index in [2.05, 4.69) is 4.90 Å². The topological polar surface area (TPSA) is 99.3 Å². The number of carbonyl (C=O) groups is 1. The van der Waals surface area contributed by atoms with E-state index in [4.69, 9.17) is 10.5 Å². The number of benzene rings is 2. The third-order valence-corrected chi connectivity index (χ3v) is 9.93. The molecule has 2 heterocycles. The van der Waals surface area contributed by atoms with Crippen LogP contribution in [-0.2, 0) is 23.1 Å². The molecule has 0 aromatic heterocycles. The van der Waals surface area contributed by atoms with Crippen molar-refractivity contribution in [1.29, 1.82) is 0 Å². The summed E-state index contributed by atoms with van der Waals surface area (Å²) in [5.41, 5.74) is 8.09. The van der Waals surface area contributed by atoms with Crippen molar-refractivity contribution < 1.29 is 19.7 Å². The highest BCUT2D eigenvalue weighted by atomic mass is 16.5. The molecule has 7 heteroatoms. The average Bonchev–Trinajstić information content (AvgIpc) is 3.59. The minimum absolute atomic E-state index is 0.00923. The molecule has 2 saturated carbocycles. The van der Waals surface area contributed by atoms with Crippen LogP contribution in [0.15, 0.2) is 36.4 Å². The van der Waals surface area contributed by atoms with E-state index in [0.717, 1.165) is 43.0 Å². The Balaban J connectivity index is 1.26. The van der Waals surface area contributed by atoms with Gasteiger partial charge in [-0.2, -0.15) is 0 Å². The van der Waals surface area contributed by atoms with Crippen molar-refractivity contribution in [3.8, 4) is 11.5 Å². The van der Waals surface area contributed by atoms with Gasteiger partial charge in [-0.3, -0.25) is 9.69 Å². The number of piperidine rings is 1. The number of likely N-dealkylation sites (tertiary alicyclic amines) is 1. The summed E-state index contributed by atoms with van der Waals surface area (Å²) in [5.74, 6) is 1.41. The highest BCUT2D eigenvalue weighted by Crippen LogP contribution is 2.66. The monoisotopic (exact) mass is 489 g/mol. The van der Waals surface area contributed by atoms with Gasteiger partial charge < -0.3 is 25.6 Å². The van der Waals surface area contributed by atoms with Crippen LogP contribution in [0.1, 0.15) is 48.8 Å². The van der Waals surface area contributed by atoms with E-state index in [9.17, 15) is 15.0 Å². The van der Waals surface area contributed by atoms with Gasteiger partial charge in [-0.15, -0.1) is 0 Å². The number of phenols is 1. The van der Waals surface area contributed by atoms with Crippen molar-refractivity contribution in [2.75, 3.05) is 25.9 Å². The van der Waals surface area contributed by atoms with Crippen molar-refractivity contribution in [2.24, 2.45) is 5.92 Å². The van der Waals surface area contributed by atoms with Crippen LogP contribution in [0.5, 0.6) is 11.5 Å². The highest BCUT2D eigenvalue weighted by Gasteiger charge is 2.73. The summed E-state index contributed by atoms with van der Waals surface area (Å²) in [6, 6.07) is 11.1. The number of phenolic OH excluding ortho intramolecular Hbond substituents is 1. The van der Waals surface area contributed by atoms with E-state index in [1.807, 2.05) is 42.3 Å². The third-order valence-electron chi connectivity index (χ3n) is 9.93. The zero-order valence-electron chi connectivity index (χ0n) is 20.8. The fraction of sp³-hybridized carbons (Fsp3) is 0.552. The number of carbonyl (C=O) groups excluding carboxylic acids is 1. The second-order valence-electron chi connectivity index (χ2n) is 11.8. The number of likely N-dealkylation sites (N-methyl/N-ethyl adjacent to an activating group) is 1. The Bertz CT molecular complexity index is 1250. The molecular formula is C29H35N3O4. The van der Waals surface area contributed by atoms with Gasteiger partial charge in [-0.25, -0.2) is 0 Å². The summed E-state index contributed by atoms with van der Waals surface area (Å²) >= 11 is 0. The fourth-order valence-corrected chi connectivity index (χ4v) is 8.04. The Morgan fingerprint density at radius 2 is 2.06 bits per heavy atom. The zero-order valence-corrected chi connectivity index (χ0v) is 20.8. The number of aliphatic hydroxyl groups is 1. The second-order valence-corrected chi connectivity index (χ2v) is 11.8. The molecule has 3 fully saturated rings. The molecule has 2 aromatic rings. The van der Waals surface area contributed by atoms with Gasteiger partial charge in [-0.05, 0) is 80.3 Å². The lowest BCUT2D eigenvalue weighted by Gasteiger charge is -2.64. The van der Waals surface area contributed by atoms with Crippen molar-refractivity contribution in [3.05, 3.63) is 53.1 Å². The Morgan fingerprint density at radius 1 is 1.22 bits per heavy atom. The zero-order chi connectivity index (χ0) is 24.8. The fourth-order valence-electron chi connectivity index (χ4n) is 8.04. The first-order valence-electron chi connectivity index (χ1n) is 13.4. The second kappa shape index (κ2) is 7.62. The minimum Gasteiger partial charge on any atom is -0.504 e. The van der Waals surface area contributed by atoms with Crippen LogP contribution in [-0.4, -0.2) is 69.8 Å². The van der Waals surface area contributed by atoms with Crippen molar-refractivity contribution >= 4 is 11.6 Å². The van der Waals surface area contributed by atoms with Gasteiger partial charge in [0.2, 0.25) is 5.91 Å². The first-order valence-corrected chi connectivity index (χ1v) is 13.4. The summed E-state index contributed by atoms with van der Waals surface area (Å²) in [6.45, 7) is 1.96. The Hall–Kier alpha value is -2.77. The van der Waals surface area contributed by atoms with E-state index >= 15 is 0 Å². The van der Waals surface area contributed by atoms with Crippen LogP contribution in [0, 0.1) is 5.92 Å². The average molecular weight is 490 g/mol. The van der Waals surface area contributed by atoms with Gasteiger partial charge in [0.1, 0.15) is 6.10 Å². The predicted octanol–water partition coefficient (Wildman–Crippen LogP) is 2.61. The number of hydrogen-bond donors (Lipinski definition) is 3. The maximum atomic E-state index is 13.5.